The largest absolute Gasteiger partial charge is 0.482 e. The molecule has 2 heterocycles. The molecule has 0 radical (unpaired) electrons. The van der Waals surface area contributed by atoms with Crippen molar-refractivity contribution in [2.45, 2.75) is 19.9 Å². The maximum Gasteiger partial charge on any atom is 0.343 e. The van der Waals surface area contributed by atoms with E-state index in [1.807, 2.05) is 0 Å². The number of methoxy groups -OCH3 is 1. The summed E-state index contributed by atoms with van der Waals surface area (Å²) in [6, 6.07) is 3.79. The molecule has 0 unspecified atom stereocenters. The first kappa shape index (κ1) is 22.0. The monoisotopic (exact) mass is 445 g/mol. The van der Waals surface area contributed by atoms with Gasteiger partial charge in [0.05, 0.1) is 23.9 Å². The van der Waals surface area contributed by atoms with Crippen LogP contribution < -0.4 is 15.4 Å². The Labute approximate surface area is 182 Å². The third-order valence-electron chi connectivity index (χ3n) is 4.14. The lowest BCUT2D eigenvalue weighted by Gasteiger charge is -2.16. The molecule has 0 saturated carbocycles. The molecule has 162 valence electrons. The Bertz CT molecular complexity index is 1070. The van der Waals surface area contributed by atoms with Crippen molar-refractivity contribution in [1.82, 2.24) is 30.0 Å². The fourth-order valence-electron chi connectivity index (χ4n) is 2.62. The number of nitrogens with zero attached hydrogens (tertiary/aromatic N) is 5. The Kier molecular flexibility index (Phi) is 6.98. The molecule has 0 bridgehead atoms. The van der Waals surface area contributed by atoms with Crippen LogP contribution in [0.15, 0.2) is 36.9 Å². The van der Waals surface area contributed by atoms with E-state index in [1.54, 1.807) is 38.4 Å². The first-order chi connectivity index (χ1) is 14.9. The molecule has 11 nitrogen and oxygen atoms in total. The second-order valence-corrected chi connectivity index (χ2v) is 6.77. The Morgan fingerprint density at radius 1 is 1.23 bits per heavy atom. The molecular formula is C19H20ClN7O4. The van der Waals surface area contributed by atoms with Crippen LogP contribution in [0, 0.1) is 6.92 Å². The SMILES string of the molecule is COC(=O)COc1cc(NC(=O)N[C@@H](C)c2ncnn2-c2ncccn2)c(Cl)cc1C. The molecule has 0 aliphatic rings. The molecule has 0 saturated heterocycles. The van der Waals surface area contributed by atoms with Gasteiger partial charge in [0.1, 0.15) is 12.1 Å². The van der Waals surface area contributed by atoms with Gasteiger partial charge in [-0.1, -0.05) is 11.6 Å². The van der Waals surface area contributed by atoms with Crippen LogP contribution in [-0.4, -0.2) is 50.4 Å². The van der Waals surface area contributed by atoms with Crippen molar-refractivity contribution < 1.29 is 19.1 Å². The molecule has 2 N–H and O–H groups in total. The molecule has 1 atom stereocenters. The summed E-state index contributed by atoms with van der Waals surface area (Å²) in [6.07, 6.45) is 4.51. The number of amides is 2. The fourth-order valence-corrected chi connectivity index (χ4v) is 2.89. The van der Waals surface area contributed by atoms with E-state index in [0.717, 1.165) is 0 Å². The van der Waals surface area contributed by atoms with Gasteiger partial charge in [-0.15, -0.1) is 0 Å². The number of halogens is 1. The Morgan fingerprint density at radius 3 is 2.68 bits per heavy atom. The van der Waals surface area contributed by atoms with Gasteiger partial charge in [-0.05, 0) is 31.5 Å². The summed E-state index contributed by atoms with van der Waals surface area (Å²) in [5.74, 6) is 0.637. The molecule has 0 fully saturated rings. The average Bonchev–Trinajstić information content (AvgIpc) is 3.25. The van der Waals surface area contributed by atoms with Crippen LogP contribution in [0.3, 0.4) is 0 Å². The van der Waals surface area contributed by atoms with Gasteiger partial charge >= 0.3 is 12.0 Å². The number of aromatic nitrogens is 5. The predicted octanol–water partition coefficient (Wildman–Crippen LogP) is 2.45. The number of carbonyl (C=O) groups is 2. The minimum absolute atomic E-state index is 0.265. The van der Waals surface area contributed by atoms with Gasteiger partial charge in [-0.2, -0.15) is 9.78 Å². The number of aryl methyl sites for hydroxylation is 1. The van der Waals surface area contributed by atoms with Crippen molar-refractivity contribution in [1.29, 1.82) is 0 Å². The van der Waals surface area contributed by atoms with E-state index in [0.29, 0.717) is 33.8 Å². The first-order valence-corrected chi connectivity index (χ1v) is 9.51. The van der Waals surface area contributed by atoms with E-state index in [2.05, 4.69) is 35.4 Å². The van der Waals surface area contributed by atoms with Gasteiger partial charge in [-0.3, -0.25) is 0 Å². The molecular weight excluding hydrogens is 426 g/mol. The third kappa shape index (κ3) is 5.45. The number of hydrogen-bond acceptors (Lipinski definition) is 8. The number of hydrogen-bond donors (Lipinski definition) is 2. The Balaban J connectivity index is 1.70. The van der Waals surface area contributed by atoms with Crippen LogP contribution in [0.1, 0.15) is 24.4 Å². The Hall–Kier alpha value is -3.73. The van der Waals surface area contributed by atoms with Gasteiger partial charge < -0.3 is 20.1 Å². The van der Waals surface area contributed by atoms with Crippen LogP contribution >= 0.6 is 11.6 Å². The van der Waals surface area contributed by atoms with Crippen molar-refractivity contribution in [3.05, 3.63) is 53.3 Å². The van der Waals surface area contributed by atoms with Crippen molar-refractivity contribution in [2.75, 3.05) is 19.0 Å². The molecule has 0 aliphatic heterocycles. The summed E-state index contributed by atoms with van der Waals surface area (Å²) >= 11 is 6.24. The van der Waals surface area contributed by atoms with Crippen LogP contribution in [0.4, 0.5) is 10.5 Å². The highest BCUT2D eigenvalue weighted by Crippen LogP contribution is 2.30. The molecule has 3 rings (SSSR count). The highest BCUT2D eigenvalue weighted by molar-refractivity contribution is 6.33. The van der Waals surface area contributed by atoms with E-state index in [9.17, 15) is 9.59 Å². The molecule has 0 aliphatic carbocycles. The zero-order valence-electron chi connectivity index (χ0n) is 17.0. The van der Waals surface area contributed by atoms with Gasteiger partial charge in [0.2, 0.25) is 0 Å². The quantitative estimate of drug-likeness (QED) is 0.530. The standard InChI is InChI=1S/C19H20ClN7O4/c1-11-7-13(20)14(8-15(11)31-9-16(28)30-3)26-19(29)25-12(2)17-23-10-24-27(17)18-21-5-4-6-22-18/h4-8,10,12H,9H2,1-3H3,(H2,25,26,29)/t12-/m0/s1. The average molecular weight is 446 g/mol. The summed E-state index contributed by atoms with van der Waals surface area (Å²) in [4.78, 5) is 36.3. The van der Waals surface area contributed by atoms with Crippen LogP contribution in [0.2, 0.25) is 5.02 Å². The minimum Gasteiger partial charge on any atom is -0.482 e. The van der Waals surface area contributed by atoms with Gasteiger partial charge in [0.25, 0.3) is 5.95 Å². The summed E-state index contributed by atoms with van der Waals surface area (Å²) in [7, 11) is 1.27. The van der Waals surface area contributed by atoms with E-state index in [4.69, 9.17) is 16.3 Å². The number of ether oxygens (including phenoxy) is 2. The van der Waals surface area contributed by atoms with E-state index in [1.165, 1.54) is 24.2 Å². The van der Waals surface area contributed by atoms with Crippen molar-refractivity contribution >= 4 is 29.3 Å². The van der Waals surface area contributed by atoms with E-state index >= 15 is 0 Å². The highest BCUT2D eigenvalue weighted by Gasteiger charge is 2.19. The lowest BCUT2D eigenvalue weighted by molar-refractivity contribution is -0.142. The smallest absolute Gasteiger partial charge is 0.343 e. The number of rotatable bonds is 7. The van der Waals surface area contributed by atoms with Gasteiger partial charge in [0.15, 0.2) is 12.4 Å². The van der Waals surface area contributed by atoms with E-state index < -0.39 is 18.0 Å². The van der Waals surface area contributed by atoms with Crippen LogP contribution in [0.25, 0.3) is 5.95 Å². The lowest BCUT2D eigenvalue weighted by atomic mass is 10.2. The van der Waals surface area contributed by atoms with Gasteiger partial charge in [-0.25, -0.2) is 24.5 Å². The van der Waals surface area contributed by atoms with Crippen molar-refractivity contribution in [3.8, 4) is 11.7 Å². The zero-order valence-corrected chi connectivity index (χ0v) is 17.8. The summed E-state index contributed by atoms with van der Waals surface area (Å²) in [5, 5.41) is 9.84. The molecule has 1 aromatic carbocycles. The molecule has 12 heteroatoms. The Morgan fingerprint density at radius 2 is 1.97 bits per heavy atom. The lowest BCUT2D eigenvalue weighted by Crippen LogP contribution is -2.32. The highest BCUT2D eigenvalue weighted by atomic mass is 35.5. The predicted molar refractivity (Wildman–Crippen MR) is 111 cm³/mol. The second-order valence-electron chi connectivity index (χ2n) is 6.36. The van der Waals surface area contributed by atoms with Crippen LogP contribution in [0.5, 0.6) is 5.75 Å². The van der Waals surface area contributed by atoms with E-state index in [-0.39, 0.29) is 6.61 Å². The number of benzene rings is 1. The maximum absolute atomic E-state index is 12.5. The third-order valence-corrected chi connectivity index (χ3v) is 4.45. The number of carbonyl (C=O) groups excluding carboxylic acids is 2. The summed E-state index contributed by atoms with van der Waals surface area (Å²) in [5.41, 5.74) is 1.01. The molecule has 0 spiro atoms. The van der Waals surface area contributed by atoms with Gasteiger partial charge in [0, 0.05) is 18.5 Å². The molecule has 3 aromatic rings. The fraction of sp³-hybridized carbons (Fsp3) is 0.263. The molecule has 2 amide bonds. The van der Waals surface area contributed by atoms with Crippen molar-refractivity contribution in [3.63, 3.8) is 0 Å². The van der Waals surface area contributed by atoms with Crippen molar-refractivity contribution in [2.24, 2.45) is 0 Å². The number of urea groups is 1. The normalized spacial score (nSPS) is 11.5. The number of esters is 1. The number of anilines is 1. The topological polar surface area (TPSA) is 133 Å². The maximum atomic E-state index is 12.5. The second kappa shape index (κ2) is 9.85. The number of nitrogens with one attached hydrogen (secondary N) is 2. The summed E-state index contributed by atoms with van der Waals surface area (Å²) < 4.78 is 11.4. The first-order valence-electron chi connectivity index (χ1n) is 9.13. The summed E-state index contributed by atoms with van der Waals surface area (Å²) in [6.45, 7) is 3.24. The molecule has 2 aromatic heterocycles. The van der Waals surface area contributed by atoms with Crippen LogP contribution in [-0.2, 0) is 9.53 Å². The minimum atomic E-state index is -0.527. The molecule has 31 heavy (non-hydrogen) atoms. The zero-order chi connectivity index (χ0) is 22.4.